The van der Waals surface area contributed by atoms with E-state index in [1.807, 2.05) is 18.2 Å². The maximum atomic E-state index is 13.1. The van der Waals surface area contributed by atoms with Crippen molar-refractivity contribution in [1.82, 2.24) is 0 Å². The quantitative estimate of drug-likeness (QED) is 0.483. The van der Waals surface area contributed by atoms with Crippen molar-refractivity contribution in [3.63, 3.8) is 0 Å². The molecule has 0 N–H and O–H groups in total. The molecule has 1 aromatic carbocycles. The van der Waals surface area contributed by atoms with Crippen LogP contribution in [0.2, 0.25) is 0 Å². The molecule has 3 rings (SSSR count). The molecule has 2 saturated carbocycles. The average molecular weight is 433 g/mol. The van der Waals surface area contributed by atoms with Crippen molar-refractivity contribution in [2.75, 3.05) is 20.8 Å². The van der Waals surface area contributed by atoms with E-state index >= 15 is 0 Å². The number of benzene rings is 1. The molecule has 2 fully saturated rings. The van der Waals surface area contributed by atoms with E-state index < -0.39 is 0 Å². The fourth-order valence-electron chi connectivity index (χ4n) is 5.26. The number of hydrogen-bond acceptors (Lipinski definition) is 5. The Kier molecular flexibility index (Phi) is 7.56. The predicted octanol–water partition coefficient (Wildman–Crippen LogP) is 5.50. The van der Waals surface area contributed by atoms with Crippen molar-refractivity contribution in [3.05, 3.63) is 23.8 Å². The summed E-state index contributed by atoms with van der Waals surface area (Å²) in [5.74, 6) is 3.19. The second-order valence-corrected chi connectivity index (χ2v) is 10.4. The number of ether oxygens (including phenoxy) is 4. The minimum absolute atomic E-state index is 0.0367. The topological polar surface area (TPSA) is 54.0 Å². The van der Waals surface area contributed by atoms with Crippen LogP contribution in [0, 0.1) is 35.0 Å². The van der Waals surface area contributed by atoms with Crippen molar-refractivity contribution in [2.45, 2.75) is 66.6 Å². The standard InChI is InChI=1S/C26H40O5/c1-16(2)20-11-8-17(3)12-23(20)31-25(27)24-21(26(24,4)5)15-30-14-18-9-10-19(28-6)13-22(18)29-7/h9-10,13,16-17,20-21,23-24H,8,11-12,14-15H2,1-7H3. The molecule has 174 valence electrons. The van der Waals surface area contributed by atoms with E-state index in [9.17, 15) is 4.79 Å². The summed E-state index contributed by atoms with van der Waals surface area (Å²) in [5.41, 5.74) is 0.881. The molecule has 0 spiro atoms. The summed E-state index contributed by atoms with van der Waals surface area (Å²) in [6.07, 6.45) is 3.43. The van der Waals surface area contributed by atoms with Crippen LogP contribution in [0.5, 0.6) is 11.5 Å². The minimum atomic E-state index is -0.0886. The van der Waals surface area contributed by atoms with Gasteiger partial charge in [0.2, 0.25) is 0 Å². The number of rotatable bonds is 9. The van der Waals surface area contributed by atoms with E-state index in [4.69, 9.17) is 18.9 Å². The van der Waals surface area contributed by atoms with Gasteiger partial charge in [-0.2, -0.15) is 0 Å². The first-order valence-corrected chi connectivity index (χ1v) is 11.7. The molecular formula is C26H40O5. The molecule has 1 aromatic rings. The third-order valence-corrected chi connectivity index (χ3v) is 7.58. The summed E-state index contributed by atoms with van der Waals surface area (Å²) in [4.78, 5) is 13.1. The molecular weight excluding hydrogens is 392 g/mol. The van der Waals surface area contributed by atoms with Crippen LogP contribution in [-0.2, 0) is 20.9 Å². The molecule has 0 aromatic heterocycles. The Hall–Kier alpha value is -1.75. The zero-order chi connectivity index (χ0) is 22.8. The highest BCUT2D eigenvalue weighted by Crippen LogP contribution is 2.59. The smallest absolute Gasteiger partial charge is 0.310 e. The normalized spacial score (nSPS) is 29.5. The van der Waals surface area contributed by atoms with Crippen LogP contribution in [0.4, 0.5) is 0 Å². The SMILES string of the molecule is COc1ccc(COCC2C(C(=O)OC3CC(C)CCC3C(C)C)C2(C)C)c(OC)c1. The Morgan fingerprint density at radius 3 is 2.55 bits per heavy atom. The van der Waals surface area contributed by atoms with Crippen molar-refractivity contribution in [2.24, 2.45) is 35.0 Å². The van der Waals surface area contributed by atoms with E-state index in [2.05, 4.69) is 34.6 Å². The molecule has 0 amide bonds. The van der Waals surface area contributed by atoms with Gasteiger partial charge in [0, 0.05) is 17.5 Å². The first kappa shape index (κ1) is 23.9. The van der Waals surface area contributed by atoms with Crippen LogP contribution < -0.4 is 9.47 Å². The van der Waals surface area contributed by atoms with Crippen LogP contribution in [0.1, 0.15) is 59.4 Å². The summed E-state index contributed by atoms with van der Waals surface area (Å²) >= 11 is 0. The van der Waals surface area contributed by atoms with E-state index in [0.29, 0.717) is 31.0 Å². The van der Waals surface area contributed by atoms with Gasteiger partial charge in [0.05, 0.1) is 33.4 Å². The van der Waals surface area contributed by atoms with Gasteiger partial charge in [0.15, 0.2) is 0 Å². The summed E-state index contributed by atoms with van der Waals surface area (Å²) in [6.45, 7) is 12.0. The first-order valence-electron chi connectivity index (χ1n) is 11.7. The van der Waals surface area contributed by atoms with Crippen LogP contribution in [0.15, 0.2) is 18.2 Å². The third-order valence-electron chi connectivity index (χ3n) is 7.58. The Morgan fingerprint density at radius 2 is 1.90 bits per heavy atom. The Labute approximate surface area is 187 Å². The van der Waals surface area contributed by atoms with Gasteiger partial charge in [0.1, 0.15) is 17.6 Å². The maximum absolute atomic E-state index is 13.1. The van der Waals surface area contributed by atoms with Gasteiger partial charge in [-0.15, -0.1) is 0 Å². The number of hydrogen-bond donors (Lipinski definition) is 0. The lowest BCUT2D eigenvalue weighted by Crippen LogP contribution is -2.36. The fraction of sp³-hybridized carbons (Fsp3) is 0.731. The second kappa shape index (κ2) is 9.81. The van der Waals surface area contributed by atoms with Gasteiger partial charge in [-0.3, -0.25) is 4.79 Å². The van der Waals surface area contributed by atoms with E-state index in [0.717, 1.165) is 29.9 Å². The Bertz CT molecular complexity index is 756. The predicted molar refractivity (Wildman–Crippen MR) is 121 cm³/mol. The highest BCUT2D eigenvalue weighted by Gasteiger charge is 2.63. The molecule has 0 saturated heterocycles. The largest absolute Gasteiger partial charge is 0.497 e. The van der Waals surface area contributed by atoms with Crippen LogP contribution in [0.25, 0.3) is 0 Å². The van der Waals surface area contributed by atoms with Crippen molar-refractivity contribution in [1.29, 1.82) is 0 Å². The lowest BCUT2D eigenvalue weighted by molar-refractivity contribution is -0.158. The van der Waals surface area contributed by atoms with E-state index in [1.165, 1.54) is 6.42 Å². The number of carbonyl (C=O) groups is 1. The van der Waals surface area contributed by atoms with Gasteiger partial charge in [0.25, 0.3) is 0 Å². The lowest BCUT2D eigenvalue weighted by atomic mass is 9.75. The minimum Gasteiger partial charge on any atom is -0.497 e. The molecule has 5 unspecified atom stereocenters. The number of carbonyl (C=O) groups excluding carboxylic acids is 1. The molecule has 0 aliphatic heterocycles. The third kappa shape index (κ3) is 5.36. The Balaban J connectivity index is 1.55. The van der Waals surface area contributed by atoms with Gasteiger partial charge < -0.3 is 18.9 Å². The summed E-state index contributed by atoms with van der Waals surface area (Å²) in [5, 5.41) is 0. The lowest BCUT2D eigenvalue weighted by Gasteiger charge is -2.36. The monoisotopic (exact) mass is 432 g/mol. The van der Waals surface area contributed by atoms with E-state index in [1.54, 1.807) is 14.2 Å². The average Bonchev–Trinajstić information content (AvgIpc) is 3.28. The molecule has 5 atom stereocenters. The molecule has 0 heterocycles. The van der Waals surface area contributed by atoms with Gasteiger partial charge in [-0.25, -0.2) is 0 Å². The van der Waals surface area contributed by atoms with Gasteiger partial charge in [-0.05, 0) is 48.1 Å². The fourth-order valence-corrected chi connectivity index (χ4v) is 5.26. The highest BCUT2D eigenvalue weighted by molar-refractivity contribution is 5.77. The molecule has 0 bridgehead atoms. The second-order valence-electron chi connectivity index (χ2n) is 10.4. The summed E-state index contributed by atoms with van der Waals surface area (Å²) < 4.78 is 22.8. The molecule has 5 heteroatoms. The highest BCUT2D eigenvalue weighted by atomic mass is 16.5. The number of esters is 1. The first-order chi connectivity index (χ1) is 14.7. The summed E-state index contributed by atoms with van der Waals surface area (Å²) in [6, 6.07) is 5.72. The van der Waals surface area contributed by atoms with Crippen molar-refractivity contribution < 1.29 is 23.7 Å². The maximum Gasteiger partial charge on any atom is 0.310 e. The Morgan fingerprint density at radius 1 is 1.16 bits per heavy atom. The van der Waals surface area contributed by atoms with Gasteiger partial charge >= 0.3 is 5.97 Å². The van der Waals surface area contributed by atoms with Crippen molar-refractivity contribution in [3.8, 4) is 11.5 Å². The molecule has 2 aliphatic rings. The van der Waals surface area contributed by atoms with E-state index in [-0.39, 0.29) is 29.3 Å². The van der Waals surface area contributed by atoms with Crippen molar-refractivity contribution >= 4 is 5.97 Å². The molecule has 5 nitrogen and oxygen atoms in total. The van der Waals surface area contributed by atoms with Crippen LogP contribution in [-0.4, -0.2) is 32.9 Å². The van der Waals surface area contributed by atoms with Crippen LogP contribution in [0.3, 0.4) is 0 Å². The molecule has 2 aliphatic carbocycles. The molecule has 0 radical (unpaired) electrons. The summed E-state index contributed by atoms with van der Waals surface area (Å²) in [7, 11) is 3.28. The van der Waals surface area contributed by atoms with Crippen LogP contribution >= 0.6 is 0 Å². The molecule has 31 heavy (non-hydrogen) atoms. The number of methoxy groups -OCH3 is 2. The van der Waals surface area contributed by atoms with Gasteiger partial charge in [-0.1, -0.05) is 41.0 Å². The zero-order valence-corrected chi connectivity index (χ0v) is 20.3. The zero-order valence-electron chi connectivity index (χ0n) is 20.3.